The van der Waals surface area contributed by atoms with E-state index >= 15 is 0 Å². The molecule has 9 nitrogen and oxygen atoms in total. The van der Waals surface area contributed by atoms with E-state index in [9.17, 15) is 20.2 Å². The minimum absolute atomic E-state index is 0.0923. The first-order valence-electron chi connectivity index (χ1n) is 6.57. The van der Waals surface area contributed by atoms with Gasteiger partial charge in [0.05, 0.1) is 22.5 Å². The first-order chi connectivity index (χ1) is 11.0. The van der Waals surface area contributed by atoms with E-state index in [2.05, 4.69) is 10.3 Å². The van der Waals surface area contributed by atoms with Gasteiger partial charge in [0.1, 0.15) is 20.5 Å². The SMILES string of the molecule is O=[N+]([O-])c1cc([N+](=O)[O-])c2sc(C3CNCCO3)nc(=S)c2c1. The molecular formula is C12H10N4O5S2. The zero-order valence-corrected chi connectivity index (χ0v) is 13.2. The molecule has 1 saturated heterocycles. The fourth-order valence-corrected chi connectivity index (χ4v) is 3.77. The van der Waals surface area contributed by atoms with Crippen LogP contribution >= 0.6 is 23.6 Å². The van der Waals surface area contributed by atoms with Crippen LogP contribution in [-0.2, 0) is 4.74 Å². The van der Waals surface area contributed by atoms with E-state index in [1.807, 2.05) is 0 Å². The van der Waals surface area contributed by atoms with Crippen molar-refractivity contribution in [1.82, 2.24) is 10.3 Å². The van der Waals surface area contributed by atoms with Crippen molar-refractivity contribution >= 4 is 45.0 Å². The Balaban J connectivity index is 2.24. The number of benzene rings is 1. The third-order valence-electron chi connectivity index (χ3n) is 3.31. The largest absolute Gasteiger partial charge is 0.368 e. The quantitative estimate of drug-likeness (QED) is 0.507. The lowest BCUT2D eigenvalue weighted by Crippen LogP contribution is -2.33. The summed E-state index contributed by atoms with van der Waals surface area (Å²) in [4.78, 5) is 25.1. The van der Waals surface area contributed by atoms with E-state index < -0.39 is 9.85 Å². The normalized spacial score (nSPS) is 18.0. The Morgan fingerprint density at radius 2 is 2.13 bits per heavy atom. The number of nitrogens with zero attached hydrogens (tertiary/aromatic N) is 3. The van der Waals surface area contributed by atoms with E-state index in [1.165, 1.54) is 6.07 Å². The highest BCUT2D eigenvalue weighted by molar-refractivity contribution is 7.71. The lowest BCUT2D eigenvalue weighted by Gasteiger charge is -2.22. The molecule has 2 heterocycles. The molecule has 1 N–H and O–H groups in total. The molecule has 1 aliphatic rings. The van der Waals surface area contributed by atoms with E-state index in [-0.39, 0.29) is 32.2 Å². The van der Waals surface area contributed by atoms with Crippen molar-refractivity contribution in [2.24, 2.45) is 0 Å². The highest BCUT2D eigenvalue weighted by atomic mass is 32.1. The molecule has 1 atom stereocenters. The Bertz CT molecular complexity index is 862. The smallest absolute Gasteiger partial charge is 0.294 e. The van der Waals surface area contributed by atoms with Gasteiger partial charge in [-0.2, -0.15) is 0 Å². The Hall–Kier alpha value is -2.08. The predicted octanol–water partition coefficient (Wildman–Crippen LogP) is 2.50. The molecule has 1 aromatic carbocycles. The second-order valence-electron chi connectivity index (χ2n) is 4.78. The number of hydrogen-bond donors (Lipinski definition) is 1. The van der Waals surface area contributed by atoms with Crippen LogP contribution < -0.4 is 5.32 Å². The van der Waals surface area contributed by atoms with Crippen LogP contribution in [0.4, 0.5) is 11.4 Å². The van der Waals surface area contributed by atoms with Crippen LogP contribution in [0.15, 0.2) is 12.1 Å². The van der Waals surface area contributed by atoms with Crippen LogP contribution in [0.25, 0.3) is 10.1 Å². The highest BCUT2D eigenvalue weighted by Crippen LogP contribution is 2.36. The van der Waals surface area contributed by atoms with E-state index in [4.69, 9.17) is 17.0 Å². The van der Waals surface area contributed by atoms with Crippen molar-refractivity contribution in [1.29, 1.82) is 0 Å². The number of non-ortho nitro benzene ring substituents is 2. The average molecular weight is 354 g/mol. The molecule has 0 aliphatic carbocycles. The van der Waals surface area contributed by atoms with Gasteiger partial charge >= 0.3 is 0 Å². The maximum atomic E-state index is 11.3. The number of aromatic nitrogens is 1. The van der Waals surface area contributed by atoms with Crippen molar-refractivity contribution in [3.05, 3.63) is 42.0 Å². The highest BCUT2D eigenvalue weighted by Gasteiger charge is 2.25. The Labute approximate surface area is 138 Å². The summed E-state index contributed by atoms with van der Waals surface area (Å²) in [5.74, 6) is 0. The van der Waals surface area contributed by atoms with Crippen LogP contribution in [0.5, 0.6) is 0 Å². The van der Waals surface area contributed by atoms with Crippen molar-refractivity contribution < 1.29 is 14.6 Å². The van der Waals surface area contributed by atoms with Gasteiger partial charge < -0.3 is 10.1 Å². The third-order valence-corrected chi connectivity index (χ3v) is 4.82. The fraction of sp³-hybridized carbons (Fsp3) is 0.333. The minimum atomic E-state index is -0.687. The van der Waals surface area contributed by atoms with Gasteiger partial charge in [-0.1, -0.05) is 12.2 Å². The molecule has 0 spiro atoms. The van der Waals surface area contributed by atoms with Gasteiger partial charge in [-0.3, -0.25) is 20.2 Å². The number of nitro groups is 2. The molecule has 0 radical (unpaired) electrons. The molecule has 0 amide bonds. The number of fused-ring (bicyclic) bond motifs is 1. The van der Waals surface area contributed by atoms with Crippen LogP contribution in [-0.4, -0.2) is 34.5 Å². The lowest BCUT2D eigenvalue weighted by atomic mass is 10.2. The van der Waals surface area contributed by atoms with Gasteiger partial charge in [-0.15, -0.1) is 11.3 Å². The van der Waals surface area contributed by atoms with Crippen LogP contribution in [0.1, 0.15) is 11.1 Å². The summed E-state index contributed by atoms with van der Waals surface area (Å²) in [6, 6.07) is 2.16. The topological polar surface area (TPSA) is 120 Å². The van der Waals surface area contributed by atoms with Crippen molar-refractivity contribution in [3.63, 3.8) is 0 Å². The number of nitrogens with one attached hydrogen (secondary N) is 1. The van der Waals surface area contributed by atoms with Crippen molar-refractivity contribution in [3.8, 4) is 0 Å². The van der Waals surface area contributed by atoms with Crippen molar-refractivity contribution in [2.45, 2.75) is 6.10 Å². The summed E-state index contributed by atoms with van der Waals surface area (Å²) in [7, 11) is 0. The monoisotopic (exact) mass is 354 g/mol. The molecule has 0 bridgehead atoms. The number of rotatable bonds is 3. The van der Waals surface area contributed by atoms with E-state index in [0.717, 1.165) is 23.9 Å². The standard InChI is InChI=1S/C12H10N4O5S2/c17-15(18)6-3-7-10(8(4-6)16(19)20)23-12(14-11(7)22)9-5-13-1-2-21-9/h3-4,9,13H,1-2,5H2. The Kier molecular flexibility index (Phi) is 4.26. The summed E-state index contributed by atoms with van der Waals surface area (Å²) in [5, 5.41) is 26.1. The summed E-state index contributed by atoms with van der Waals surface area (Å²) in [5.41, 5.74) is -0.731. The molecule has 3 rings (SSSR count). The predicted molar refractivity (Wildman–Crippen MR) is 85.3 cm³/mol. The average Bonchev–Trinajstić information content (AvgIpc) is 2.54. The van der Waals surface area contributed by atoms with Crippen LogP contribution in [0, 0.1) is 24.9 Å². The first-order valence-corrected chi connectivity index (χ1v) is 7.79. The first kappa shape index (κ1) is 15.8. The maximum Gasteiger partial charge on any atom is 0.294 e. The zero-order chi connectivity index (χ0) is 16.6. The molecule has 2 aromatic rings. The molecule has 120 valence electrons. The molecule has 0 saturated carbocycles. The summed E-state index contributed by atoms with van der Waals surface area (Å²) >= 11 is 6.25. The van der Waals surface area contributed by atoms with Crippen molar-refractivity contribution in [2.75, 3.05) is 19.7 Å². The minimum Gasteiger partial charge on any atom is -0.368 e. The lowest BCUT2D eigenvalue weighted by molar-refractivity contribution is -0.392. The third kappa shape index (κ3) is 3.03. The molecule has 1 fully saturated rings. The Morgan fingerprint density at radius 1 is 1.35 bits per heavy atom. The molecule has 1 unspecified atom stereocenters. The number of nitro benzene ring substituents is 2. The van der Waals surface area contributed by atoms with Gasteiger partial charge in [-0.05, 0) is 0 Å². The second-order valence-corrected chi connectivity index (χ2v) is 6.19. The van der Waals surface area contributed by atoms with Gasteiger partial charge in [0.2, 0.25) is 0 Å². The van der Waals surface area contributed by atoms with Crippen LogP contribution in [0.3, 0.4) is 0 Å². The number of ether oxygens (including phenoxy) is 1. The summed E-state index contributed by atoms with van der Waals surface area (Å²) in [6.45, 7) is 1.76. The molecule has 1 aromatic heterocycles. The maximum absolute atomic E-state index is 11.3. The van der Waals surface area contributed by atoms with Gasteiger partial charge in [0, 0.05) is 24.5 Å². The molecular weight excluding hydrogens is 344 g/mol. The number of morpholine rings is 1. The molecule has 1 aliphatic heterocycles. The molecule has 23 heavy (non-hydrogen) atoms. The fourth-order valence-electron chi connectivity index (χ4n) is 2.26. The van der Waals surface area contributed by atoms with E-state index in [0.29, 0.717) is 18.2 Å². The second kappa shape index (κ2) is 6.20. The zero-order valence-electron chi connectivity index (χ0n) is 11.6. The van der Waals surface area contributed by atoms with Gasteiger partial charge in [-0.25, -0.2) is 4.98 Å². The Morgan fingerprint density at radius 3 is 2.74 bits per heavy atom. The van der Waals surface area contributed by atoms with E-state index in [1.54, 1.807) is 0 Å². The summed E-state index contributed by atoms with van der Waals surface area (Å²) in [6.07, 6.45) is -0.338. The van der Waals surface area contributed by atoms with Gasteiger partial charge in [0.15, 0.2) is 0 Å². The van der Waals surface area contributed by atoms with Gasteiger partial charge in [0.25, 0.3) is 11.4 Å². The molecule has 11 heteroatoms. The van der Waals surface area contributed by atoms with Crippen LogP contribution in [0.2, 0.25) is 0 Å². The summed E-state index contributed by atoms with van der Waals surface area (Å²) < 4.78 is 5.95. The number of hydrogen-bond acceptors (Lipinski definition) is 9.